The van der Waals surface area contributed by atoms with E-state index in [1.807, 2.05) is 24.3 Å². The highest BCUT2D eigenvalue weighted by Gasteiger charge is 2.27. The summed E-state index contributed by atoms with van der Waals surface area (Å²) in [5.74, 6) is 4.27. The summed E-state index contributed by atoms with van der Waals surface area (Å²) in [6, 6.07) is 13.7. The van der Waals surface area contributed by atoms with Crippen LogP contribution in [0, 0.1) is 23.6 Å². The maximum Gasteiger partial charge on any atom is 0.298 e. The van der Waals surface area contributed by atoms with Crippen molar-refractivity contribution in [1.29, 1.82) is 0 Å². The van der Waals surface area contributed by atoms with Gasteiger partial charge in [0.2, 0.25) is 5.91 Å². The summed E-state index contributed by atoms with van der Waals surface area (Å²) >= 11 is 0. The van der Waals surface area contributed by atoms with Crippen LogP contribution in [-0.4, -0.2) is 29.8 Å². The highest BCUT2D eigenvalue weighted by atomic mass is 19.1. The number of hydrogen-bond donors (Lipinski definition) is 1. The minimum atomic E-state index is -0.285. The molecule has 0 radical (unpaired) electrons. The third-order valence-electron chi connectivity index (χ3n) is 4.62. The van der Waals surface area contributed by atoms with Crippen LogP contribution in [0.5, 0.6) is 0 Å². The maximum atomic E-state index is 13.1. The highest BCUT2D eigenvalue weighted by Crippen LogP contribution is 2.24. The summed E-state index contributed by atoms with van der Waals surface area (Å²) in [4.78, 5) is 26.2. The van der Waals surface area contributed by atoms with Gasteiger partial charge in [0.1, 0.15) is 5.82 Å². The number of carbonyl (C=O) groups is 2. The summed E-state index contributed by atoms with van der Waals surface area (Å²) < 4.78 is 13.1. The molecule has 1 fully saturated rings. The molecule has 138 valence electrons. The number of anilines is 1. The van der Waals surface area contributed by atoms with E-state index in [1.54, 1.807) is 24.0 Å². The first-order chi connectivity index (χ1) is 13.1. The van der Waals surface area contributed by atoms with Crippen molar-refractivity contribution in [2.75, 3.05) is 18.4 Å². The zero-order chi connectivity index (χ0) is 19.2. The van der Waals surface area contributed by atoms with Crippen molar-refractivity contribution >= 4 is 17.5 Å². The van der Waals surface area contributed by atoms with E-state index in [4.69, 9.17) is 0 Å². The Kier molecular flexibility index (Phi) is 5.87. The predicted octanol–water partition coefficient (Wildman–Crippen LogP) is 3.69. The molecule has 2 aromatic carbocycles. The van der Waals surface area contributed by atoms with Crippen LogP contribution in [0.4, 0.5) is 10.1 Å². The molecule has 0 aliphatic carbocycles. The van der Waals surface area contributed by atoms with Gasteiger partial charge in [-0.15, -0.1) is 0 Å². The van der Waals surface area contributed by atoms with Gasteiger partial charge < -0.3 is 10.2 Å². The lowest BCUT2D eigenvalue weighted by atomic mass is 9.96. The van der Waals surface area contributed by atoms with Crippen molar-refractivity contribution < 1.29 is 14.0 Å². The average Bonchev–Trinajstić information content (AvgIpc) is 2.69. The van der Waals surface area contributed by atoms with Crippen LogP contribution in [0.2, 0.25) is 0 Å². The van der Waals surface area contributed by atoms with E-state index >= 15 is 0 Å². The van der Waals surface area contributed by atoms with Crippen molar-refractivity contribution in [3.05, 3.63) is 54.3 Å². The van der Waals surface area contributed by atoms with Crippen molar-refractivity contribution in [2.24, 2.45) is 5.92 Å². The second-order valence-electron chi connectivity index (χ2n) is 6.54. The smallest absolute Gasteiger partial charge is 0.298 e. The number of halogens is 1. The van der Waals surface area contributed by atoms with Crippen LogP contribution in [0.3, 0.4) is 0 Å². The van der Waals surface area contributed by atoms with Crippen LogP contribution >= 0.6 is 0 Å². The van der Waals surface area contributed by atoms with E-state index < -0.39 is 0 Å². The first kappa shape index (κ1) is 18.7. The van der Waals surface area contributed by atoms with E-state index in [0.717, 1.165) is 24.0 Å². The molecule has 1 aliphatic heterocycles. The number of piperidine rings is 1. The minimum absolute atomic E-state index is 0.104. The van der Waals surface area contributed by atoms with Gasteiger partial charge >= 0.3 is 0 Å². The van der Waals surface area contributed by atoms with Crippen molar-refractivity contribution in [2.45, 2.75) is 19.8 Å². The molecule has 5 heteroatoms. The SMILES string of the molecule is CC#CC(=O)N1CCC[C@H](C(=O)Nc2cccc(-c3ccc(F)cc3)c2)C1. The summed E-state index contributed by atoms with van der Waals surface area (Å²) in [6.07, 6.45) is 1.53. The number of amides is 2. The summed E-state index contributed by atoms with van der Waals surface area (Å²) in [7, 11) is 0. The molecule has 2 aromatic rings. The van der Waals surface area contributed by atoms with Gasteiger partial charge in [-0.05, 0) is 61.1 Å². The molecule has 27 heavy (non-hydrogen) atoms. The Bertz CT molecular complexity index is 897. The number of carbonyl (C=O) groups excluding carboxylic acids is 2. The van der Waals surface area contributed by atoms with Crippen LogP contribution in [0.15, 0.2) is 48.5 Å². The van der Waals surface area contributed by atoms with Gasteiger partial charge in [-0.25, -0.2) is 4.39 Å². The average molecular weight is 364 g/mol. The molecule has 3 rings (SSSR count). The lowest BCUT2D eigenvalue weighted by Crippen LogP contribution is -2.43. The Balaban J connectivity index is 1.68. The molecule has 1 heterocycles. The Morgan fingerprint density at radius 2 is 1.93 bits per heavy atom. The molecular weight excluding hydrogens is 343 g/mol. The third kappa shape index (κ3) is 4.73. The third-order valence-corrected chi connectivity index (χ3v) is 4.62. The maximum absolute atomic E-state index is 13.1. The number of nitrogens with zero attached hydrogens (tertiary/aromatic N) is 1. The fourth-order valence-electron chi connectivity index (χ4n) is 3.22. The van der Waals surface area contributed by atoms with E-state index in [0.29, 0.717) is 18.8 Å². The van der Waals surface area contributed by atoms with Crippen molar-refractivity contribution in [3.63, 3.8) is 0 Å². The highest BCUT2D eigenvalue weighted by molar-refractivity contribution is 5.96. The summed E-state index contributed by atoms with van der Waals surface area (Å²) in [6.45, 7) is 2.65. The molecule has 1 N–H and O–H groups in total. The molecule has 0 spiro atoms. The molecule has 1 aliphatic rings. The van der Waals surface area contributed by atoms with E-state index in [2.05, 4.69) is 17.2 Å². The zero-order valence-electron chi connectivity index (χ0n) is 15.2. The first-order valence-electron chi connectivity index (χ1n) is 8.95. The normalized spacial score (nSPS) is 16.2. The van der Waals surface area contributed by atoms with Crippen molar-refractivity contribution in [1.82, 2.24) is 4.90 Å². The van der Waals surface area contributed by atoms with Gasteiger partial charge in [-0.2, -0.15) is 0 Å². The number of rotatable bonds is 3. The molecule has 4 nitrogen and oxygen atoms in total. The van der Waals surface area contributed by atoms with Gasteiger partial charge in [0.25, 0.3) is 5.91 Å². The Labute approximate surface area is 158 Å². The van der Waals surface area contributed by atoms with Crippen LogP contribution in [0.1, 0.15) is 19.8 Å². The van der Waals surface area contributed by atoms with Gasteiger partial charge in [0, 0.05) is 18.8 Å². The number of benzene rings is 2. The van der Waals surface area contributed by atoms with Gasteiger partial charge in [0.15, 0.2) is 0 Å². The quantitative estimate of drug-likeness (QED) is 0.845. The Hall–Kier alpha value is -3.13. The standard InChI is InChI=1S/C22H21FN2O2/c1-2-5-21(26)25-13-4-7-18(15-25)22(27)24-20-8-3-6-17(14-20)16-9-11-19(23)12-10-16/h3,6,8-12,14,18H,4,7,13,15H2,1H3,(H,24,27)/t18-/m0/s1. The van der Waals surface area contributed by atoms with E-state index in [-0.39, 0.29) is 23.5 Å². The topological polar surface area (TPSA) is 49.4 Å². The van der Waals surface area contributed by atoms with E-state index in [1.165, 1.54) is 12.1 Å². The Morgan fingerprint density at radius 1 is 1.15 bits per heavy atom. The molecule has 0 unspecified atom stereocenters. The number of nitrogens with one attached hydrogen (secondary N) is 1. The fraction of sp³-hybridized carbons (Fsp3) is 0.273. The first-order valence-corrected chi connectivity index (χ1v) is 8.95. The largest absolute Gasteiger partial charge is 0.331 e. The lowest BCUT2D eigenvalue weighted by Gasteiger charge is -2.30. The van der Waals surface area contributed by atoms with Gasteiger partial charge in [-0.3, -0.25) is 9.59 Å². The predicted molar refractivity (Wildman–Crippen MR) is 103 cm³/mol. The monoisotopic (exact) mass is 364 g/mol. The van der Waals surface area contributed by atoms with Crippen LogP contribution in [0.25, 0.3) is 11.1 Å². The zero-order valence-corrected chi connectivity index (χ0v) is 15.2. The molecule has 0 aromatic heterocycles. The van der Waals surface area contributed by atoms with Crippen LogP contribution in [-0.2, 0) is 9.59 Å². The van der Waals surface area contributed by atoms with Gasteiger partial charge in [-0.1, -0.05) is 30.2 Å². The molecule has 1 atom stereocenters. The number of hydrogen-bond acceptors (Lipinski definition) is 2. The fourth-order valence-corrected chi connectivity index (χ4v) is 3.22. The molecule has 1 saturated heterocycles. The lowest BCUT2D eigenvalue weighted by molar-refractivity contribution is -0.129. The van der Waals surface area contributed by atoms with Gasteiger partial charge in [0.05, 0.1) is 5.92 Å². The van der Waals surface area contributed by atoms with Crippen molar-refractivity contribution in [3.8, 4) is 23.0 Å². The number of likely N-dealkylation sites (tertiary alicyclic amines) is 1. The molecule has 2 amide bonds. The summed E-state index contributed by atoms with van der Waals surface area (Å²) in [5, 5.41) is 2.94. The van der Waals surface area contributed by atoms with E-state index in [9.17, 15) is 14.0 Å². The molecular formula is C22H21FN2O2. The second kappa shape index (κ2) is 8.50. The Morgan fingerprint density at radius 3 is 2.67 bits per heavy atom. The summed E-state index contributed by atoms with van der Waals surface area (Å²) in [5.41, 5.74) is 2.45. The molecule has 0 saturated carbocycles. The second-order valence-corrected chi connectivity index (χ2v) is 6.54. The molecule has 0 bridgehead atoms. The van der Waals surface area contributed by atoms with Crippen LogP contribution < -0.4 is 5.32 Å². The minimum Gasteiger partial charge on any atom is -0.331 e.